The van der Waals surface area contributed by atoms with Crippen LogP contribution in [0.4, 0.5) is 0 Å². The molecule has 0 aliphatic heterocycles. The zero-order valence-electron chi connectivity index (χ0n) is 16.7. The van der Waals surface area contributed by atoms with Crippen molar-refractivity contribution in [2.45, 2.75) is 27.0 Å². The number of aromatic nitrogens is 2. The molecule has 1 heterocycles. The highest BCUT2D eigenvalue weighted by molar-refractivity contribution is 6.30. The van der Waals surface area contributed by atoms with Crippen LogP contribution in [0.2, 0.25) is 5.02 Å². The van der Waals surface area contributed by atoms with E-state index in [1.165, 1.54) is 0 Å². The SMILES string of the molecule is CCn1cc(C(=O)/C=C/c2ccc(OC)c(COc3ccc(Cl)cc3C)c2)cn1. The molecule has 0 aliphatic carbocycles. The van der Waals surface area contributed by atoms with Gasteiger partial charge < -0.3 is 9.47 Å². The van der Waals surface area contributed by atoms with Crippen molar-refractivity contribution in [3.63, 3.8) is 0 Å². The van der Waals surface area contributed by atoms with E-state index in [0.717, 1.165) is 34.7 Å². The van der Waals surface area contributed by atoms with Gasteiger partial charge in [-0.15, -0.1) is 0 Å². The lowest BCUT2D eigenvalue weighted by Crippen LogP contribution is -2.00. The fraction of sp³-hybridized carbons (Fsp3) is 0.217. The first-order valence-corrected chi connectivity index (χ1v) is 9.68. The number of benzene rings is 2. The number of allylic oxidation sites excluding steroid dienone is 1. The summed E-state index contributed by atoms with van der Waals surface area (Å²) in [5.41, 5.74) is 3.30. The first kappa shape index (κ1) is 20.7. The van der Waals surface area contributed by atoms with Crippen LogP contribution in [0.3, 0.4) is 0 Å². The lowest BCUT2D eigenvalue weighted by Gasteiger charge is -2.13. The van der Waals surface area contributed by atoms with E-state index in [1.807, 2.05) is 44.2 Å². The predicted molar refractivity (Wildman–Crippen MR) is 115 cm³/mol. The maximum atomic E-state index is 12.3. The molecule has 2 aromatic carbocycles. The van der Waals surface area contributed by atoms with E-state index in [0.29, 0.717) is 17.2 Å². The van der Waals surface area contributed by atoms with Crippen molar-refractivity contribution in [1.29, 1.82) is 0 Å². The number of aryl methyl sites for hydroxylation is 2. The number of ether oxygens (including phenoxy) is 2. The minimum Gasteiger partial charge on any atom is -0.496 e. The molecule has 0 spiro atoms. The van der Waals surface area contributed by atoms with Crippen molar-refractivity contribution in [1.82, 2.24) is 9.78 Å². The summed E-state index contributed by atoms with van der Waals surface area (Å²) in [6.07, 6.45) is 6.65. The van der Waals surface area contributed by atoms with Crippen molar-refractivity contribution < 1.29 is 14.3 Å². The van der Waals surface area contributed by atoms with Gasteiger partial charge in [-0.1, -0.05) is 23.7 Å². The second-order valence-corrected chi connectivity index (χ2v) is 6.99. The second-order valence-electron chi connectivity index (χ2n) is 6.55. The molecule has 0 saturated carbocycles. The average Bonchev–Trinajstić information content (AvgIpc) is 3.21. The van der Waals surface area contributed by atoms with Gasteiger partial charge >= 0.3 is 0 Å². The molecule has 0 bridgehead atoms. The molecule has 0 fully saturated rings. The van der Waals surface area contributed by atoms with E-state index in [2.05, 4.69) is 5.10 Å². The van der Waals surface area contributed by atoms with Gasteiger partial charge in [0, 0.05) is 23.3 Å². The Hall–Kier alpha value is -3.05. The summed E-state index contributed by atoms with van der Waals surface area (Å²) >= 11 is 6.00. The van der Waals surface area contributed by atoms with Gasteiger partial charge in [0.05, 0.1) is 18.9 Å². The van der Waals surface area contributed by atoms with Crippen LogP contribution >= 0.6 is 11.6 Å². The summed E-state index contributed by atoms with van der Waals surface area (Å²) in [7, 11) is 1.62. The number of hydrogen-bond donors (Lipinski definition) is 0. The standard InChI is InChI=1S/C23H23ClN2O3/c1-4-26-14-19(13-25-26)21(27)8-5-17-6-9-23(28-3)18(12-17)15-29-22-10-7-20(24)11-16(22)2/h5-14H,4,15H2,1-3H3/b8-5+. The van der Waals surface area contributed by atoms with Gasteiger partial charge in [-0.3, -0.25) is 9.48 Å². The summed E-state index contributed by atoms with van der Waals surface area (Å²) in [6.45, 7) is 4.99. The normalized spacial score (nSPS) is 11.0. The Morgan fingerprint density at radius 1 is 1.21 bits per heavy atom. The minimum absolute atomic E-state index is 0.0879. The number of ketones is 1. The molecule has 5 nitrogen and oxygen atoms in total. The average molecular weight is 411 g/mol. The first-order valence-electron chi connectivity index (χ1n) is 9.31. The minimum atomic E-state index is -0.0879. The highest BCUT2D eigenvalue weighted by atomic mass is 35.5. The van der Waals surface area contributed by atoms with Gasteiger partial charge in [-0.2, -0.15) is 5.10 Å². The molecule has 29 heavy (non-hydrogen) atoms. The quantitative estimate of drug-likeness (QED) is 0.371. The fourth-order valence-corrected chi connectivity index (χ4v) is 3.10. The number of hydrogen-bond acceptors (Lipinski definition) is 4. The van der Waals surface area contributed by atoms with Crippen LogP contribution in [0.25, 0.3) is 6.08 Å². The maximum absolute atomic E-state index is 12.3. The number of nitrogens with zero attached hydrogens (tertiary/aromatic N) is 2. The van der Waals surface area contributed by atoms with Gasteiger partial charge in [-0.05, 0) is 61.4 Å². The van der Waals surface area contributed by atoms with E-state index < -0.39 is 0 Å². The molecule has 0 atom stereocenters. The maximum Gasteiger partial charge on any atom is 0.189 e. The van der Waals surface area contributed by atoms with Crippen molar-refractivity contribution in [3.8, 4) is 11.5 Å². The summed E-state index contributed by atoms with van der Waals surface area (Å²) < 4.78 is 13.1. The molecule has 0 radical (unpaired) electrons. The van der Waals surface area contributed by atoms with Crippen molar-refractivity contribution in [2.24, 2.45) is 0 Å². The van der Waals surface area contributed by atoms with Crippen molar-refractivity contribution in [2.75, 3.05) is 7.11 Å². The molecule has 1 aromatic heterocycles. The number of methoxy groups -OCH3 is 1. The molecular formula is C23H23ClN2O3. The summed E-state index contributed by atoms with van der Waals surface area (Å²) in [6, 6.07) is 11.2. The number of halogens is 1. The molecule has 0 N–H and O–H groups in total. The second kappa shape index (κ2) is 9.43. The Morgan fingerprint density at radius 2 is 2.00 bits per heavy atom. The summed E-state index contributed by atoms with van der Waals surface area (Å²) in [4.78, 5) is 12.3. The van der Waals surface area contributed by atoms with Crippen LogP contribution in [0, 0.1) is 6.92 Å². The van der Waals surface area contributed by atoms with E-state index in [1.54, 1.807) is 42.4 Å². The molecule has 0 aliphatic rings. The zero-order chi connectivity index (χ0) is 20.8. The first-order chi connectivity index (χ1) is 14.0. The number of carbonyl (C=O) groups excluding carboxylic acids is 1. The van der Waals surface area contributed by atoms with Crippen LogP contribution in [0.15, 0.2) is 54.9 Å². The van der Waals surface area contributed by atoms with E-state index in [9.17, 15) is 4.79 Å². The Kier molecular flexibility index (Phi) is 6.73. The third kappa shape index (κ3) is 5.27. The Balaban J connectivity index is 1.74. The highest BCUT2D eigenvalue weighted by Crippen LogP contribution is 2.26. The lowest BCUT2D eigenvalue weighted by atomic mass is 10.1. The van der Waals surface area contributed by atoms with Gasteiger partial charge in [0.1, 0.15) is 18.1 Å². The summed E-state index contributed by atoms with van der Waals surface area (Å²) in [5, 5.41) is 4.81. The zero-order valence-corrected chi connectivity index (χ0v) is 17.4. The smallest absolute Gasteiger partial charge is 0.189 e. The Morgan fingerprint density at radius 3 is 2.69 bits per heavy atom. The van der Waals surface area contributed by atoms with Crippen LogP contribution in [-0.4, -0.2) is 22.7 Å². The topological polar surface area (TPSA) is 53.4 Å². The third-order valence-electron chi connectivity index (χ3n) is 4.49. The van der Waals surface area contributed by atoms with Crippen molar-refractivity contribution >= 4 is 23.5 Å². The summed E-state index contributed by atoms with van der Waals surface area (Å²) in [5.74, 6) is 1.40. The van der Waals surface area contributed by atoms with E-state index >= 15 is 0 Å². The van der Waals surface area contributed by atoms with Gasteiger partial charge in [0.2, 0.25) is 0 Å². The van der Waals surface area contributed by atoms with Gasteiger partial charge in [-0.25, -0.2) is 0 Å². The molecule has 150 valence electrons. The van der Waals surface area contributed by atoms with Crippen LogP contribution in [0.1, 0.15) is 34.0 Å². The largest absolute Gasteiger partial charge is 0.496 e. The number of rotatable bonds is 8. The lowest BCUT2D eigenvalue weighted by molar-refractivity contribution is 0.104. The molecular weight excluding hydrogens is 388 g/mol. The van der Waals surface area contributed by atoms with Crippen LogP contribution in [-0.2, 0) is 13.2 Å². The molecule has 0 saturated heterocycles. The predicted octanol–water partition coefficient (Wildman–Crippen LogP) is 5.35. The molecule has 3 aromatic rings. The molecule has 0 amide bonds. The molecule has 6 heteroatoms. The highest BCUT2D eigenvalue weighted by Gasteiger charge is 2.08. The van der Waals surface area contributed by atoms with Crippen LogP contribution in [0.5, 0.6) is 11.5 Å². The fourth-order valence-electron chi connectivity index (χ4n) is 2.88. The van der Waals surface area contributed by atoms with Crippen molar-refractivity contribution in [3.05, 3.63) is 82.1 Å². The molecule has 3 rings (SSSR count). The Bertz CT molecular complexity index is 1040. The third-order valence-corrected chi connectivity index (χ3v) is 4.73. The monoisotopic (exact) mass is 410 g/mol. The van der Waals surface area contributed by atoms with Gasteiger partial charge in [0.25, 0.3) is 0 Å². The van der Waals surface area contributed by atoms with E-state index in [4.69, 9.17) is 21.1 Å². The number of carbonyl (C=O) groups is 1. The van der Waals surface area contributed by atoms with E-state index in [-0.39, 0.29) is 5.78 Å². The Labute approximate surface area is 175 Å². The molecule has 0 unspecified atom stereocenters. The van der Waals surface area contributed by atoms with Gasteiger partial charge in [0.15, 0.2) is 5.78 Å². The van der Waals surface area contributed by atoms with Crippen LogP contribution < -0.4 is 9.47 Å².